The van der Waals surface area contributed by atoms with Gasteiger partial charge >= 0.3 is 5.69 Å². The molecule has 2 aromatic carbocycles. The lowest BCUT2D eigenvalue weighted by Gasteiger charge is -2.04. The molecule has 0 saturated heterocycles. The Hall–Kier alpha value is -1.59. The van der Waals surface area contributed by atoms with Crippen molar-refractivity contribution in [2.24, 2.45) is 0 Å². The summed E-state index contributed by atoms with van der Waals surface area (Å²) >= 11 is 6.90. The molecular weight excluding hydrogens is 277 g/mol. The Morgan fingerprint density at radius 3 is 2.61 bits per heavy atom. The molecule has 92 valence electrons. The maximum atomic E-state index is 13.0. The molecule has 0 radical (unpaired) electrons. The molecule has 2 aromatic rings. The monoisotopic (exact) mass is 283 g/mol. The van der Waals surface area contributed by atoms with Crippen LogP contribution in [0.25, 0.3) is 0 Å². The summed E-state index contributed by atoms with van der Waals surface area (Å²) in [6, 6.07) is 10.5. The molecule has 0 aromatic heterocycles. The van der Waals surface area contributed by atoms with E-state index >= 15 is 0 Å². The lowest BCUT2D eigenvalue weighted by Crippen LogP contribution is -1.91. The summed E-state index contributed by atoms with van der Waals surface area (Å²) in [5.74, 6) is -0.385. The Balaban J connectivity index is 2.40. The number of rotatable bonds is 3. The van der Waals surface area contributed by atoms with Gasteiger partial charge < -0.3 is 0 Å². The van der Waals surface area contributed by atoms with E-state index in [1.807, 2.05) is 0 Å². The first kappa shape index (κ1) is 12.9. The molecule has 0 saturated carbocycles. The van der Waals surface area contributed by atoms with Gasteiger partial charge in [0.2, 0.25) is 0 Å². The SMILES string of the molecule is O=[N+]([O-])c1c(Cl)cccc1Sc1cccc(F)c1. The van der Waals surface area contributed by atoms with Gasteiger partial charge in [0.1, 0.15) is 10.8 Å². The van der Waals surface area contributed by atoms with E-state index in [-0.39, 0.29) is 16.5 Å². The van der Waals surface area contributed by atoms with Gasteiger partial charge in [0.25, 0.3) is 0 Å². The molecule has 6 heteroatoms. The number of nitrogens with zero attached hydrogens (tertiary/aromatic N) is 1. The molecular formula is C12H7ClFNO2S. The van der Waals surface area contributed by atoms with E-state index in [1.54, 1.807) is 24.3 Å². The molecule has 0 unspecified atom stereocenters. The number of para-hydroxylation sites is 1. The van der Waals surface area contributed by atoms with E-state index in [0.29, 0.717) is 9.79 Å². The second-order valence-corrected chi connectivity index (χ2v) is 4.93. The maximum Gasteiger partial charge on any atom is 0.301 e. The van der Waals surface area contributed by atoms with Gasteiger partial charge in [-0.3, -0.25) is 10.1 Å². The van der Waals surface area contributed by atoms with Crippen molar-refractivity contribution in [3.05, 3.63) is 63.4 Å². The van der Waals surface area contributed by atoms with Gasteiger partial charge in [-0.2, -0.15) is 0 Å². The number of hydrogen-bond donors (Lipinski definition) is 0. The van der Waals surface area contributed by atoms with Crippen LogP contribution < -0.4 is 0 Å². The minimum Gasteiger partial charge on any atom is -0.258 e. The Morgan fingerprint density at radius 1 is 1.22 bits per heavy atom. The largest absolute Gasteiger partial charge is 0.301 e. The minimum atomic E-state index is -0.538. The normalized spacial score (nSPS) is 10.3. The van der Waals surface area contributed by atoms with Gasteiger partial charge in [-0.25, -0.2) is 4.39 Å². The van der Waals surface area contributed by atoms with E-state index in [4.69, 9.17) is 11.6 Å². The second kappa shape index (κ2) is 5.37. The summed E-state index contributed by atoms with van der Waals surface area (Å²) in [5.41, 5.74) is -0.159. The molecule has 18 heavy (non-hydrogen) atoms. The van der Waals surface area contributed by atoms with Crippen LogP contribution in [0.2, 0.25) is 5.02 Å². The fourth-order valence-corrected chi connectivity index (χ4v) is 2.71. The maximum absolute atomic E-state index is 13.0. The quantitative estimate of drug-likeness (QED) is 0.613. The zero-order valence-corrected chi connectivity index (χ0v) is 10.5. The Bertz CT molecular complexity index is 606. The smallest absolute Gasteiger partial charge is 0.258 e. The third kappa shape index (κ3) is 2.80. The Kier molecular flexibility index (Phi) is 3.84. The molecule has 0 amide bonds. The highest BCUT2D eigenvalue weighted by molar-refractivity contribution is 7.99. The van der Waals surface area contributed by atoms with Crippen molar-refractivity contribution in [3.63, 3.8) is 0 Å². The molecule has 3 nitrogen and oxygen atoms in total. The third-order valence-corrected chi connectivity index (χ3v) is 3.50. The molecule has 0 atom stereocenters. The highest BCUT2D eigenvalue weighted by Crippen LogP contribution is 2.38. The first-order valence-corrected chi connectivity index (χ1v) is 6.13. The Labute approximate surface area is 112 Å². The van der Waals surface area contributed by atoms with Crippen molar-refractivity contribution in [1.29, 1.82) is 0 Å². The van der Waals surface area contributed by atoms with Gasteiger partial charge in [-0.15, -0.1) is 0 Å². The number of nitro groups is 1. The topological polar surface area (TPSA) is 43.1 Å². The molecule has 0 bridgehead atoms. The lowest BCUT2D eigenvalue weighted by molar-refractivity contribution is -0.387. The van der Waals surface area contributed by atoms with Crippen LogP contribution in [0.5, 0.6) is 0 Å². The average Bonchev–Trinajstić information content (AvgIpc) is 2.28. The van der Waals surface area contributed by atoms with E-state index in [9.17, 15) is 14.5 Å². The van der Waals surface area contributed by atoms with Crippen molar-refractivity contribution in [1.82, 2.24) is 0 Å². The van der Waals surface area contributed by atoms with E-state index in [2.05, 4.69) is 0 Å². The zero-order valence-electron chi connectivity index (χ0n) is 8.97. The van der Waals surface area contributed by atoms with Crippen LogP contribution >= 0.6 is 23.4 Å². The predicted molar refractivity (Wildman–Crippen MR) is 68.6 cm³/mol. The fourth-order valence-electron chi connectivity index (χ4n) is 1.41. The summed E-state index contributed by atoms with van der Waals surface area (Å²) in [7, 11) is 0. The van der Waals surface area contributed by atoms with Crippen LogP contribution in [-0.2, 0) is 0 Å². The molecule has 0 aliphatic carbocycles. The van der Waals surface area contributed by atoms with Crippen molar-refractivity contribution < 1.29 is 9.31 Å². The van der Waals surface area contributed by atoms with Crippen LogP contribution in [0, 0.1) is 15.9 Å². The third-order valence-electron chi connectivity index (χ3n) is 2.16. The highest BCUT2D eigenvalue weighted by Gasteiger charge is 2.19. The van der Waals surface area contributed by atoms with Crippen molar-refractivity contribution >= 4 is 29.1 Å². The Morgan fingerprint density at radius 2 is 1.94 bits per heavy atom. The predicted octanol–water partition coefficient (Wildman–Crippen LogP) is 4.54. The standard InChI is InChI=1S/C12H7ClFNO2S/c13-10-5-2-6-11(12(10)15(16)17)18-9-4-1-3-8(14)7-9/h1-7H. The van der Waals surface area contributed by atoms with Crippen molar-refractivity contribution in [2.75, 3.05) is 0 Å². The van der Waals surface area contributed by atoms with Crippen molar-refractivity contribution in [2.45, 2.75) is 9.79 Å². The number of benzene rings is 2. The lowest BCUT2D eigenvalue weighted by atomic mass is 10.3. The molecule has 0 N–H and O–H groups in total. The van der Waals surface area contributed by atoms with Crippen LogP contribution in [0.4, 0.5) is 10.1 Å². The van der Waals surface area contributed by atoms with E-state index < -0.39 is 4.92 Å². The summed E-state index contributed by atoms with van der Waals surface area (Å²) in [4.78, 5) is 11.4. The molecule has 2 rings (SSSR count). The summed E-state index contributed by atoms with van der Waals surface area (Å²) in [6.07, 6.45) is 0. The zero-order chi connectivity index (χ0) is 13.1. The number of halogens is 2. The molecule has 0 aliphatic rings. The highest BCUT2D eigenvalue weighted by atomic mass is 35.5. The molecule has 0 spiro atoms. The van der Waals surface area contributed by atoms with Gasteiger partial charge in [0.15, 0.2) is 0 Å². The summed E-state index contributed by atoms with van der Waals surface area (Å²) < 4.78 is 13.0. The van der Waals surface area contributed by atoms with Gasteiger partial charge in [-0.05, 0) is 30.3 Å². The molecule has 0 fully saturated rings. The minimum absolute atomic E-state index is 0.0707. The summed E-state index contributed by atoms with van der Waals surface area (Å²) in [6.45, 7) is 0. The number of hydrogen-bond acceptors (Lipinski definition) is 3. The summed E-state index contributed by atoms with van der Waals surface area (Å²) in [5, 5.41) is 11.0. The van der Waals surface area contributed by atoms with Crippen LogP contribution in [0.1, 0.15) is 0 Å². The van der Waals surface area contributed by atoms with E-state index in [0.717, 1.165) is 11.8 Å². The second-order valence-electron chi connectivity index (χ2n) is 3.40. The first-order valence-electron chi connectivity index (χ1n) is 4.94. The van der Waals surface area contributed by atoms with Crippen molar-refractivity contribution in [3.8, 4) is 0 Å². The average molecular weight is 284 g/mol. The van der Waals surface area contributed by atoms with Crippen LogP contribution in [0.3, 0.4) is 0 Å². The van der Waals surface area contributed by atoms with Gasteiger partial charge in [0.05, 0.1) is 9.82 Å². The first-order chi connectivity index (χ1) is 8.58. The van der Waals surface area contributed by atoms with Crippen LogP contribution in [-0.4, -0.2) is 4.92 Å². The van der Waals surface area contributed by atoms with Gasteiger partial charge in [-0.1, -0.05) is 35.5 Å². The number of nitro benzene ring substituents is 1. The van der Waals surface area contributed by atoms with Gasteiger partial charge in [0, 0.05) is 4.90 Å². The van der Waals surface area contributed by atoms with Crippen LogP contribution in [0.15, 0.2) is 52.3 Å². The van der Waals surface area contributed by atoms with E-state index in [1.165, 1.54) is 18.2 Å². The molecule has 0 heterocycles. The molecule has 0 aliphatic heterocycles. The fraction of sp³-hybridized carbons (Fsp3) is 0.